The van der Waals surface area contributed by atoms with Gasteiger partial charge in [-0.05, 0) is 36.1 Å². The summed E-state index contributed by atoms with van der Waals surface area (Å²) in [4.78, 5) is 2.32. The Balaban J connectivity index is 2.82. The quantitative estimate of drug-likeness (QED) is 0.748. The van der Waals surface area contributed by atoms with Crippen LogP contribution in [0.15, 0.2) is 18.2 Å². The predicted molar refractivity (Wildman–Crippen MR) is 71.9 cm³/mol. The van der Waals surface area contributed by atoms with E-state index in [1.807, 2.05) is 0 Å². The van der Waals surface area contributed by atoms with E-state index in [2.05, 4.69) is 66.8 Å². The monoisotopic (exact) mass is 269 g/mol. The first-order chi connectivity index (χ1) is 7.04. The molecule has 0 aliphatic carbocycles. The minimum absolute atomic E-state index is 0.700. The molecule has 0 aromatic heterocycles. The number of aryl methyl sites for hydroxylation is 1. The first-order valence-electron chi connectivity index (χ1n) is 5.41. The van der Waals surface area contributed by atoms with Gasteiger partial charge < -0.3 is 4.90 Å². The number of hydrogen-bond donors (Lipinski definition) is 0. The molecule has 0 fully saturated rings. The van der Waals surface area contributed by atoms with E-state index < -0.39 is 0 Å². The Labute approximate surface area is 102 Å². The highest BCUT2D eigenvalue weighted by atomic mass is 79.9. The lowest BCUT2D eigenvalue weighted by molar-refractivity contribution is 0.638. The van der Waals surface area contributed by atoms with Crippen molar-refractivity contribution in [3.63, 3.8) is 0 Å². The maximum absolute atomic E-state index is 3.50. The molecule has 1 nitrogen and oxygen atoms in total. The molecule has 0 atom stereocenters. The average molecular weight is 270 g/mol. The Morgan fingerprint density at radius 2 is 2.00 bits per heavy atom. The molecule has 0 radical (unpaired) electrons. The molecule has 0 N–H and O–H groups in total. The van der Waals surface area contributed by atoms with Gasteiger partial charge in [-0.2, -0.15) is 0 Å². The molecule has 0 aliphatic rings. The van der Waals surface area contributed by atoms with Crippen LogP contribution in [0.1, 0.15) is 25.0 Å². The van der Waals surface area contributed by atoms with E-state index in [1.165, 1.54) is 16.8 Å². The minimum Gasteiger partial charge on any atom is -0.374 e. The number of benzene rings is 1. The Hall–Kier alpha value is -0.500. The van der Waals surface area contributed by atoms with E-state index >= 15 is 0 Å². The molecule has 0 bridgehead atoms. The van der Waals surface area contributed by atoms with Crippen LogP contribution in [0.4, 0.5) is 5.69 Å². The number of hydrogen-bond acceptors (Lipinski definition) is 1. The SMILES string of the molecule is Cc1cc(N(C)CC(C)C)ccc1CBr. The van der Waals surface area contributed by atoms with E-state index in [0.29, 0.717) is 5.92 Å². The van der Waals surface area contributed by atoms with Gasteiger partial charge in [0.1, 0.15) is 0 Å². The van der Waals surface area contributed by atoms with Crippen LogP contribution in [-0.4, -0.2) is 13.6 Å². The lowest BCUT2D eigenvalue weighted by atomic mass is 10.1. The van der Waals surface area contributed by atoms with Crippen LogP contribution in [0.25, 0.3) is 0 Å². The molecule has 0 spiro atoms. The predicted octanol–water partition coefficient (Wildman–Crippen LogP) is 3.98. The van der Waals surface area contributed by atoms with E-state index in [-0.39, 0.29) is 0 Å². The average Bonchev–Trinajstić information content (AvgIpc) is 2.16. The summed E-state index contributed by atoms with van der Waals surface area (Å²) in [6.45, 7) is 7.77. The molecule has 15 heavy (non-hydrogen) atoms. The molecule has 0 heterocycles. The van der Waals surface area contributed by atoms with Crippen LogP contribution in [0.2, 0.25) is 0 Å². The van der Waals surface area contributed by atoms with Crippen molar-refractivity contribution >= 4 is 21.6 Å². The van der Waals surface area contributed by atoms with Gasteiger partial charge >= 0.3 is 0 Å². The summed E-state index contributed by atoms with van der Waals surface area (Å²) >= 11 is 3.50. The van der Waals surface area contributed by atoms with Crippen molar-refractivity contribution in [3.8, 4) is 0 Å². The third kappa shape index (κ3) is 3.53. The number of rotatable bonds is 4. The molecule has 0 saturated carbocycles. The molecule has 1 aromatic carbocycles. The standard InChI is InChI=1S/C13H20BrN/c1-10(2)9-15(4)13-6-5-12(8-14)11(3)7-13/h5-7,10H,8-9H2,1-4H3. The molecular weight excluding hydrogens is 250 g/mol. The smallest absolute Gasteiger partial charge is 0.0366 e. The zero-order valence-corrected chi connectivity index (χ0v) is 11.6. The Morgan fingerprint density at radius 1 is 1.33 bits per heavy atom. The molecule has 0 aliphatic heterocycles. The lowest BCUT2D eigenvalue weighted by Gasteiger charge is -2.22. The molecule has 2 heteroatoms. The van der Waals surface area contributed by atoms with Gasteiger partial charge in [0.15, 0.2) is 0 Å². The third-order valence-corrected chi connectivity index (χ3v) is 3.15. The second-order valence-electron chi connectivity index (χ2n) is 4.52. The molecular formula is C13H20BrN. The van der Waals surface area contributed by atoms with Gasteiger partial charge in [0.05, 0.1) is 0 Å². The van der Waals surface area contributed by atoms with Crippen LogP contribution in [0, 0.1) is 12.8 Å². The fourth-order valence-corrected chi connectivity index (χ4v) is 2.35. The number of alkyl halides is 1. The first-order valence-corrected chi connectivity index (χ1v) is 6.53. The van der Waals surface area contributed by atoms with Crippen molar-refractivity contribution in [2.24, 2.45) is 5.92 Å². The second-order valence-corrected chi connectivity index (χ2v) is 5.08. The number of anilines is 1. The highest BCUT2D eigenvalue weighted by Crippen LogP contribution is 2.20. The maximum Gasteiger partial charge on any atom is 0.0366 e. The summed E-state index contributed by atoms with van der Waals surface area (Å²) < 4.78 is 0. The number of halogens is 1. The second kappa shape index (κ2) is 5.55. The molecule has 84 valence electrons. The lowest BCUT2D eigenvalue weighted by Crippen LogP contribution is -2.22. The Kier molecular flexibility index (Phi) is 4.65. The molecule has 0 unspecified atom stereocenters. The van der Waals surface area contributed by atoms with Crippen LogP contribution in [0.3, 0.4) is 0 Å². The van der Waals surface area contributed by atoms with Crippen LogP contribution in [-0.2, 0) is 5.33 Å². The fraction of sp³-hybridized carbons (Fsp3) is 0.538. The van der Waals surface area contributed by atoms with Crippen molar-refractivity contribution in [3.05, 3.63) is 29.3 Å². The van der Waals surface area contributed by atoms with Crippen LogP contribution >= 0.6 is 15.9 Å². The largest absolute Gasteiger partial charge is 0.374 e. The van der Waals surface area contributed by atoms with Gasteiger partial charge in [-0.3, -0.25) is 0 Å². The Bertz CT molecular complexity index is 320. The van der Waals surface area contributed by atoms with Crippen LogP contribution < -0.4 is 4.90 Å². The van der Waals surface area contributed by atoms with Gasteiger partial charge in [-0.15, -0.1) is 0 Å². The van der Waals surface area contributed by atoms with Gasteiger partial charge in [-0.25, -0.2) is 0 Å². The summed E-state index contributed by atoms with van der Waals surface area (Å²) in [7, 11) is 2.16. The summed E-state index contributed by atoms with van der Waals surface area (Å²) in [6.07, 6.45) is 0. The van der Waals surface area contributed by atoms with E-state index in [4.69, 9.17) is 0 Å². The van der Waals surface area contributed by atoms with E-state index in [0.717, 1.165) is 11.9 Å². The van der Waals surface area contributed by atoms with E-state index in [1.54, 1.807) is 0 Å². The topological polar surface area (TPSA) is 3.24 Å². The molecule has 0 saturated heterocycles. The highest BCUT2D eigenvalue weighted by Gasteiger charge is 2.05. The van der Waals surface area contributed by atoms with Gasteiger partial charge in [-0.1, -0.05) is 35.8 Å². The highest BCUT2D eigenvalue weighted by molar-refractivity contribution is 9.08. The van der Waals surface area contributed by atoms with Crippen molar-refractivity contribution in [2.45, 2.75) is 26.1 Å². The van der Waals surface area contributed by atoms with Gasteiger partial charge in [0.2, 0.25) is 0 Å². The van der Waals surface area contributed by atoms with E-state index in [9.17, 15) is 0 Å². The van der Waals surface area contributed by atoms with Crippen molar-refractivity contribution in [1.82, 2.24) is 0 Å². The van der Waals surface area contributed by atoms with Gasteiger partial charge in [0.25, 0.3) is 0 Å². The maximum atomic E-state index is 3.50. The van der Waals surface area contributed by atoms with Crippen molar-refractivity contribution < 1.29 is 0 Å². The summed E-state index contributed by atoms with van der Waals surface area (Å²) in [6, 6.07) is 6.67. The molecule has 1 aromatic rings. The fourth-order valence-electron chi connectivity index (χ4n) is 1.72. The molecule has 0 amide bonds. The third-order valence-electron chi connectivity index (χ3n) is 2.55. The summed E-state index contributed by atoms with van der Waals surface area (Å²) in [5.74, 6) is 0.700. The minimum atomic E-state index is 0.700. The zero-order chi connectivity index (χ0) is 11.4. The van der Waals surface area contributed by atoms with Crippen molar-refractivity contribution in [1.29, 1.82) is 0 Å². The summed E-state index contributed by atoms with van der Waals surface area (Å²) in [5, 5.41) is 0.938. The number of nitrogens with zero attached hydrogens (tertiary/aromatic N) is 1. The molecule has 1 rings (SSSR count). The zero-order valence-electron chi connectivity index (χ0n) is 10.0. The van der Waals surface area contributed by atoms with Crippen molar-refractivity contribution in [2.75, 3.05) is 18.5 Å². The Morgan fingerprint density at radius 3 is 2.47 bits per heavy atom. The van der Waals surface area contributed by atoms with Gasteiger partial charge in [0, 0.05) is 24.6 Å². The summed E-state index contributed by atoms with van der Waals surface area (Å²) in [5.41, 5.74) is 4.04. The van der Waals surface area contributed by atoms with Crippen LogP contribution in [0.5, 0.6) is 0 Å². The first kappa shape index (κ1) is 12.6. The normalized spacial score (nSPS) is 10.8.